The van der Waals surface area contributed by atoms with Gasteiger partial charge in [0, 0.05) is 6.42 Å². The third-order valence-corrected chi connectivity index (χ3v) is 11.5. The summed E-state index contributed by atoms with van der Waals surface area (Å²) in [6.07, 6.45) is 9.63. The summed E-state index contributed by atoms with van der Waals surface area (Å²) in [6, 6.07) is 9.89. The van der Waals surface area contributed by atoms with Gasteiger partial charge in [-0.1, -0.05) is 51.1 Å². The highest BCUT2D eigenvalue weighted by Crippen LogP contribution is 2.68. The van der Waals surface area contributed by atoms with Gasteiger partial charge in [0.05, 0.1) is 12.2 Å². The van der Waals surface area contributed by atoms with E-state index < -0.39 is 0 Å². The first kappa shape index (κ1) is 25.3. The average molecular weight is 483 g/mol. The Bertz CT molecular complexity index is 885. The lowest BCUT2D eigenvalue weighted by Gasteiger charge is -2.62. The topological polar surface area (TPSA) is 66.8 Å². The van der Waals surface area contributed by atoms with Crippen LogP contribution in [0.25, 0.3) is 0 Å². The molecular formula is C31H46O4. The minimum atomic E-state index is -0.227. The van der Waals surface area contributed by atoms with Crippen LogP contribution in [0.5, 0.6) is 0 Å². The molecule has 0 aromatic heterocycles. The van der Waals surface area contributed by atoms with E-state index in [4.69, 9.17) is 4.74 Å². The van der Waals surface area contributed by atoms with Gasteiger partial charge in [-0.3, -0.25) is 4.79 Å². The summed E-state index contributed by atoms with van der Waals surface area (Å²) in [5, 5.41) is 21.7. The molecule has 4 nitrogen and oxygen atoms in total. The molecule has 2 N–H and O–H groups in total. The van der Waals surface area contributed by atoms with Crippen molar-refractivity contribution in [3.05, 3.63) is 35.9 Å². The smallest absolute Gasteiger partial charge is 0.306 e. The number of esters is 1. The number of aliphatic hydroxyl groups is 2. The number of ether oxygens (including phenoxy) is 1. The molecule has 5 rings (SSSR count). The average Bonchev–Trinajstić information content (AvgIpc) is 3.20. The number of hydrogen-bond acceptors (Lipinski definition) is 4. The van der Waals surface area contributed by atoms with Crippen molar-refractivity contribution in [2.75, 3.05) is 0 Å². The van der Waals surface area contributed by atoms with E-state index in [-0.39, 0.29) is 29.0 Å². The highest BCUT2D eigenvalue weighted by Gasteiger charge is 2.62. The molecule has 0 radical (unpaired) electrons. The number of carbonyl (C=O) groups excluding carboxylic acids is 1. The van der Waals surface area contributed by atoms with Crippen LogP contribution in [0.1, 0.15) is 90.5 Å². The highest BCUT2D eigenvalue weighted by atomic mass is 16.5. The SMILES string of the molecule is C[C@H](CCC(=O)OCc1ccccc1)C1CCC2C3C(CC[C@@]21C)[C@@]1(C)CC[C@@H](O)C[C@H]1C[C@@H]3O. The molecule has 4 saturated carbocycles. The molecule has 35 heavy (non-hydrogen) atoms. The van der Waals surface area contributed by atoms with Crippen molar-refractivity contribution in [2.45, 2.75) is 104 Å². The third-order valence-electron chi connectivity index (χ3n) is 11.5. The minimum Gasteiger partial charge on any atom is -0.461 e. The monoisotopic (exact) mass is 482 g/mol. The molecule has 4 aliphatic rings. The Morgan fingerprint density at radius 3 is 2.49 bits per heavy atom. The van der Waals surface area contributed by atoms with Crippen LogP contribution < -0.4 is 0 Å². The normalized spacial score (nSPS) is 43.5. The standard InChI is InChI=1S/C31H46O4/c1-20(9-12-28(34)35-19-21-7-5-4-6-8-21)24-10-11-25-29-26(14-16-31(24,25)3)30(2)15-13-23(32)17-22(30)18-27(29)33/h4-8,20,22-27,29,32-33H,9-19H2,1-3H3/t20-,22+,23-,24?,25?,26?,27+,29?,30+,31-/m1/s1. The summed E-state index contributed by atoms with van der Waals surface area (Å²) < 4.78 is 5.54. The van der Waals surface area contributed by atoms with Crippen molar-refractivity contribution in [1.29, 1.82) is 0 Å². The van der Waals surface area contributed by atoms with E-state index in [0.717, 1.165) is 37.7 Å². The first-order chi connectivity index (χ1) is 16.7. The van der Waals surface area contributed by atoms with Gasteiger partial charge in [0.15, 0.2) is 0 Å². The van der Waals surface area contributed by atoms with Crippen molar-refractivity contribution in [1.82, 2.24) is 0 Å². The van der Waals surface area contributed by atoms with Crippen LogP contribution >= 0.6 is 0 Å². The lowest BCUT2D eigenvalue weighted by atomic mass is 9.43. The first-order valence-corrected chi connectivity index (χ1v) is 14.3. The maximum Gasteiger partial charge on any atom is 0.306 e. The van der Waals surface area contributed by atoms with Gasteiger partial charge >= 0.3 is 5.97 Å². The van der Waals surface area contributed by atoms with Gasteiger partial charge < -0.3 is 14.9 Å². The number of rotatable bonds is 6. The Labute approximate surface area is 211 Å². The zero-order valence-electron chi connectivity index (χ0n) is 22.0. The van der Waals surface area contributed by atoms with E-state index in [1.54, 1.807) is 0 Å². The second kappa shape index (κ2) is 9.82. The summed E-state index contributed by atoms with van der Waals surface area (Å²) in [6.45, 7) is 7.68. The molecule has 4 heteroatoms. The van der Waals surface area contributed by atoms with E-state index in [1.807, 2.05) is 30.3 Å². The summed E-state index contributed by atoms with van der Waals surface area (Å²) in [5.41, 5.74) is 1.56. The molecule has 0 bridgehead atoms. The number of hydrogen-bond donors (Lipinski definition) is 2. The number of aliphatic hydroxyl groups excluding tert-OH is 2. The molecule has 10 atom stereocenters. The predicted octanol–water partition coefficient (Wildman–Crippen LogP) is 6.14. The van der Waals surface area contributed by atoms with Gasteiger partial charge in [-0.05, 0) is 110 Å². The fourth-order valence-corrected chi connectivity index (χ4v) is 9.53. The molecule has 4 unspecified atom stereocenters. The van der Waals surface area contributed by atoms with Gasteiger partial charge in [0.1, 0.15) is 6.61 Å². The van der Waals surface area contributed by atoms with Crippen LogP contribution in [-0.2, 0) is 16.1 Å². The Morgan fingerprint density at radius 1 is 1.00 bits per heavy atom. The van der Waals surface area contributed by atoms with Gasteiger partial charge in [0.25, 0.3) is 0 Å². The summed E-state index contributed by atoms with van der Waals surface area (Å²) >= 11 is 0. The predicted molar refractivity (Wildman–Crippen MR) is 137 cm³/mol. The molecular weight excluding hydrogens is 436 g/mol. The van der Waals surface area contributed by atoms with Crippen molar-refractivity contribution in [2.24, 2.45) is 46.3 Å². The molecule has 0 saturated heterocycles. The summed E-state index contributed by atoms with van der Waals surface area (Å²) in [7, 11) is 0. The molecule has 0 heterocycles. The molecule has 1 aromatic rings. The fraction of sp³-hybridized carbons (Fsp3) is 0.774. The van der Waals surface area contributed by atoms with Crippen LogP contribution in [-0.4, -0.2) is 28.4 Å². The molecule has 1 aromatic carbocycles. The first-order valence-electron chi connectivity index (χ1n) is 14.3. The van der Waals surface area contributed by atoms with Crippen LogP contribution in [0.3, 0.4) is 0 Å². The zero-order chi connectivity index (χ0) is 24.8. The second-order valence-corrected chi connectivity index (χ2v) is 13.1. The second-order valence-electron chi connectivity index (χ2n) is 13.1. The third kappa shape index (κ3) is 4.59. The Balaban J connectivity index is 1.21. The summed E-state index contributed by atoms with van der Waals surface area (Å²) in [4.78, 5) is 12.4. The molecule has 0 aliphatic heterocycles. The molecule has 194 valence electrons. The Hall–Kier alpha value is -1.39. The number of benzene rings is 1. The van der Waals surface area contributed by atoms with Crippen molar-refractivity contribution in [3.8, 4) is 0 Å². The fourth-order valence-electron chi connectivity index (χ4n) is 9.53. The van der Waals surface area contributed by atoms with E-state index in [1.165, 1.54) is 25.7 Å². The van der Waals surface area contributed by atoms with E-state index in [9.17, 15) is 15.0 Å². The quantitative estimate of drug-likeness (QED) is 0.478. The van der Waals surface area contributed by atoms with Crippen LogP contribution in [0.2, 0.25) is 0 Å². The molecule has 4 aliphatic carbocycles. The largest absolute Gasteiger partial charge is 0.461 e. The van der Waals surface area contributed by atoms with E-state index in [2.05, 4.69) is 20.8 Å². The molecule has 4 fully saturated rings. The van der Waals surface area contributed by atoms with Crippen molar-refractivity contribution in [3.63, 3.8) is 0 Å². The van der Waals surface area contributed by atoms with Crippen LogP contribution in [0, 0.1) is 46.3 Å². The molecule has 0 spiro atoms. The van der Waals surface area contributed by atoms with E-state index in [0.29, 0.717) is 48.5 Å². The van der Waals surface area contributed by atoms with Gasteiger partial charge in [-0.15, -0.1) is 0 Å². The van der Waals surface area contributed by atoms with Crippen molar-refractivity contribution < 1.29 is 19.7 Å². The molecule has 0 amide bonds. The lowest BCUT2D eigenvalue weighted by molar-refractivity contribution is -0.174. The Kier molecular flexibility index (Phi) is 7.09. The van der Waals surface area contributed by atoms with Gasteiger partial charge in [-0.2, -0.15) is 0 Å². The van der Waals surface area contributed by atoms with Crippen molar-refractivity contribution >= 4 is 5.97 Å². The van der Waals surface area contributed by atoms with Gasteiger partial charge in [0.2, 0.25) is 0 Å². The Morgan fingerprint density at radius 2 is 1.71 bits per heavy atom. The highest BCUT2D eigenvalue weighted by molar-refractivity contribution is 5.69. The number of carbonyl (C=O) groups is 1. The van der Waals surface area contributed by atoms with E-state index >= 15 is 0 Å². The maximum absolute atomic E-state index is 12.4. The zero-order valence-corrected chi connectivity index (χ0v) is 22.0. The minimum absolute atomic E-state index is 0.0923. The maximum atomic E-state index is 12.4. The van der Waals surface area contributed by atoms with Gasteiger partial charge in [-0.25, -0.2) is 0 Å². The summed E-state index contributed by atoms with van der Waals surface area (Å²) in [5.74, 6) is 3.04. The van der Waals surface area contributed by atoms with Crippen LogP contribution in [0.15, 0.2) is 30.3 Å². The van der Waals surface area contributed by atoms with Crippen LogP contribution in [0.4, 0.5) is 0 Å². The lowest BCUT2D eigenvalue weighted by Crippen LogP contribution is -2.58. The number of fused-ring (bicyclic) bond motifs is 5.